The molecule has 4 heteroatoms. The first kappa shape index (κ1) is 11.5. The number of carbonyl (C=O) groups is 1. The fourth-order valence-corrected chi connectivity index (χ4v) is 1.55. The van der Waals surface area contributed by atoms with Gasteiger partial charge in [0.1, 0.15) is 0 Å². The van der Waals surface area contributed by atoms with E-state index in [2.05, 4.69) is 18.7 Å². The van der Waals surface area contributed by atoms with Crippen LogP contribution in [0.2, 0.25) is 0 Å². The van der Waals surface area contributed by atoms with Crippen LogP contribution in [0.4, 0.5) is 0 Å². The maximum Gasteiger partial charge on any atom is 0.332 e. The van der Waals surface area contributed by atoms with E-state index in [4.69, 9.17) is 9.84 Å². The predicted octanol–water partition coefficient (Wildman–Crippen LogP) is 0.959. The molecule has 1 saturated heterocycles. The Kier molecular flexibility index (Phi) is 3.89. The highest BCUT2D eigenvalue weighted by atomic mass is 16.5. The lowest BCUT2D eigenvalue weighted by Gasteiger charge is -2.24. The smallest absolute Gasteiger partial charge is 0.332 e. The zero-order valence-corrected chi connectivity index (χ0v) is 9.06. The Morgan fingerprint density at radius 2 is 2.21 bits per heavy atom. The van der Waals surface area contributed by atoms with Crippen LogP contribution in [0.3, 0.4) is 0 Å². The first-order valence-corrected chi connectivity index (χ1v) is 5.09. The third-order valence-corrected chi connectivity index (χ3v) is 2.76. The Labute approximate surface area is 84.8 Å². The molecule has 82 valence electrons. The van der Waals surface area contributed by atoms with Crippen LogP contribution >= 0.6 is 0 Å². The molecule has 0 aliphatic carbocycles. The molecule has 1 aliphatic heterocycles. The summed E-state index contributed by atoms with van der Waals surface area (Å²) in [6.07, 6.45) is 1.00. The fourth-order valence-electron chi connectivity index (χ4n) is 1.55. The van der Waals surface area contributed by atoms with Gasteiger partial charge in [0.2, 0.25) is 0 Å². The zero-order chi connectivity index (χ0) is 10.7. The average Bonchev–Trinajstić information content (AvgIpc) is 2.52. The molecule has 0 aromatic carbocycles. The van der Waals surface area contributed by atoms with Crippen LogP contribution in [-0.4, -0.2) is 47.8 Å². The minimum absolute atomic E-state index is 0.0866. The lowest BCUT2D eigenvalue weighted by Crippen LogP contribution is -2.34. The quantitative estimate of drug-likeness (QED) is 0.736. The van der Waals surface area contributed by atoms with Crippen LogP contribution in [0, 0.1) is 0 Å². The van der Waals surface area contributed by atoms with Crippen LogP contribution in [0.1, 0.15) is 26.7 Å². The third kappa shape index (κ3) is 2.96. The molecule has 0 aromatic rings. The maximum absolute atomic E-state index is 10.6. The highest BCUT2D eigenvalue weighted by Gasteiger charge is 2.31. The summed E-state index contributed by atoms with van der Waals surface area (Å²) in [4.78, 5) is 12.8. The van der Waals surface area contributed by atoms with E-state index < -0.39 is 12.1 Å². The van der Waals surface area contributed by atoms with E-state index in [-0.39, 0.29) is 6.10 Å². The first-order valence-electron chi connectivity index (χ1n) is 5.09. The molecule has 4 nitrogen and oxygen atoms in total. The van der Waals surface area contributed by atoms with Gasteiger partial charge >= 0.3 is 5.97 Å². The normalized spacial score (nSPS) is 27.5. The molecule has 1 N–H and O–H groups in total. The van der Waals surface area contributed by atoms with Gasteiger partial charge in [-0.05, 0) is 33.7 Å². The second-order valence-corrected chi connectivity index (χ2v) is 4.20. The molecule has 0 bridgehead atoms. The minimum Gasteiger partial charge on any atom is -0.479 e. The average molecular weight is 201 g/mol. The molecule has 0 aromatic heterocycles. The number of carboxylic acid groups (broad SMARTS) is 1. The summed E-state index contributed by atoms with van der Waals surface area (Å²) in [6.45, 7) is 5.05. The van der Waals surface area contributed by atoms with Crippen molar-refractivity contribution in [3.63, 3.8) is 0 Å². The first-order chi connectivity index (χ1) is 6.50. The van der Waals surface area contributed by atoms with Gasteiger partial charge in [0.05, 0.1) is 6.10 Å². The predicted molar refractivity (Wildman–Crippen MR) is 53.3 cm³/mol. The fraction of sp³-hybridized carbons (Fsp3) is 0.900. The summed E-state index contributed by atoms with van der Waals surface area (Å²) in [6, 6.07) is 0.475. The molecular weight excluding hydrogens is 182 g/mol. The molecule has 1 rings (SSSR count). The number of ether oxygens (including phenoxy) is 1. The number of likely N-dealkylation sites (N-methyl/N-ethyl adjacent to an activating group) is 1. The standard InChI is InChI=1S/C10H19NO3/c1-7(2)11(3)6-8-4-5-9(14-8)10(12)13/h7-9H,4-6H2,1-3H3,(H,12,13). The lowest BCUT2D eigenvalue weighted by atomic mass is 10.2. The van der Waals surface area contributed by atoms with Crippen molar-refractivity contribution in [3.05, 3.63) is 0 Å². The summed E-state index contributed by atoms with van der Waals surface area (Å²) in [7, 11) is 2.03. The van der Waals surface area contributed by atoms with Gasteiger partial charge in [-0.2, -0.15) is 0 Å². The number of hydrogen-bond acceptors (Lipinski definition) is 3. The molecule has 1 heterocycles. The van der Waals surface area contributed by atoms with Crippen molar-refractivity contribution in [2.24, 2.45) is 0 Å². The van der Waals surface area contributed by atoms with E-state index in [1.165, 1.54) is 0 Å². The van der Waals surface area contributed by atoms with Gasteiger partial charge in [0.15, 0.2) is 6.10 Å². The molecular formula is C10H19NO3. The van der Waals surface area contributed by atoms with Crippen molar-refractivity contribution >= 4 is 5.97 Å². The van der Waals surface area contributed by atoms with Crippen molar-refractivity contribution in [2.75, 3.05) is 13.6 Å². The molecule has 0 radical (unpaired) electrons. The van der Waals surface area contributed by atoms with E-state index >= 15 is 0 Å². The lowest BCUT2D eigenvalue weighted by molar-refractivity contribution is -0.149. The van der Waals surface area contributed by atoms with E-state index in [1.54, 1.807) is 0 Å². The van der Waals surface area contributed by atoms with Gasteiger partial charge in [-0.1, -0.05) is 0 Å². The molecule has 2 unspecified atom stereocenters. The van der Waals surface area contributed by atoms with Crippen LogP contribution in [0.25, 0.3) is 0 Å². The summed E-state index contributed by atoms with van der Waals surface area (Å²) < 4.78 is 5.40. The minimum atomic E-state index is -0.834. The Bertz CT molecular complexity index is 206. The molecule has 0 amide bonds. The van der Waals surface area contributed by atoms with Gasteiger partial charge in [-0.3, -0.25) is 0 Å². The largest absolute Gasteiger partial charge is 0.479 e. The van der Waals surface area contributed by atoms with Gasteiger partial charge in [0.25, 0.3) is 0 Å². The SMILES string of the molecule is CC(C)N(C)CC1CCC(C(=O)O)O1. The van der Waals surface area contributed by atoms with Crippen LogP contribution in [0.15, 0.2) is 0 Å². The van der Waals surface area contributed by atoms with Gasteiger partial charge < -0.3 is 14.7 Å². The maximum atomic E-state index is 10.6. The highest BCUT2D eigenvalue weighted by molar-refractivity contribution is 5.72. The van der Waals surface area contributed by atoms with Gasteiger partial charge in [-0.15, -0.1) is 0 Å². The number of nitrogens with zero attached hydrogens (tertiary/aromatic N) is 1. The van der Waals surface area contributed by atoms with Gasteiger partial charge in [0, 0.05) is 12.6 Å². The summed E-state index contributed by atoms with van der Waals surface area (Å²) in [5.74, 6) is -0.834. The number of hydrogen-bond donors (Lipinski definition) is 1. The van der Waals surface area contributed by atoms with Crippen LogP contribution < -0.4 is 0 Å². The monoisotopic (exact) mass is 201 g/mol. The number of carboxylic acids is 1. The summed E-state index contributed by atoms with van der Waals surface area (Å²) in [5, 5.41) is 8.74. The van der Waals surface area contributed by atoms with Crippen molar-refractivity contribution in [1.29, 1.82) is 0 Å². The third-order valence-electron chi connectivity index (χ3n) is 2.76. The molecule has 14 heavy (non-hydrogen) atoms. The Morgan fingerprint density at radius 3 is 2.64 bits per heavy atom. The number of rotatable bonds is 4. The molecule has 1 aliphatic rings. The van der Waals surface area contributed by atoms with Crippen molar-refractivity contribution in [3.8, 4) is 0 Å². The Balaban J connectivity index is 2.32. The Morgan fingerprint density at radius 1 is 1.57 bits per heavy atom. The topological polar surface area (TPSA) is 49.8 Å². The molecule has 2 atom stereocenters. The zero-order valence-electron chi connectivity index (χ0n) is 9.06. The molecule has 0 spiro atoms. The van der Waals surface area contributed by atoms with Crippen molar-refractivity contribution in [1.82, 2.24) is 4.90 Å². The van der Waals surface area contributed by atoms with Crippen LogP contribution in [0.5, 0.6) is 0 Å². The van der Waals surface area contributed by atoms with Gasteiger partial charge in [-0.25, -0.2) is 4.79 Å². The second-order valence-electron chi connectivity index (χ2n) is 4.20. The highest BCUT2D eigenvalue weighted by Crippen LogP contribution is 2.20. The van der Waals surface area contributed by atoms with Crippen molar-refractivity contribution < 1.29 is 14.6 Å². The number of aliphatic carboxylic acids is 1. The van der Waals surface area contributed by atoms with E-state index in [9.17, 15) is 4.79 Å². The second kappa shape index (κ2) is 4.75. The van der Waals surface area contributed by atoms with Crippen molar-refractivity contribution in [2.45, 2.75) is 44.9 Å². The summed E-state index contributed by atoms with van der Waals surface area (Å²) >= 11 is 0. The van der Waals surface area contributed by atoms with E-state index in [1.807, 2.05) is 7.05 Å². The van der Waals surface area contributed by atoms with E-state index in [0.717, 1.165) is 13.0 Å². The summed E-state index contributed by atoms with van der Waals surface area (Å²) in [5.41, 5.74) is 0. The molecule has 0 saturated carbocycles. The van der Waals surface area contributed by atoms with E-state index in [0.29, 0.717) is 12.5 Å². The molecule has 1 fully saturated rings. The van der Waals surface area contributed by atoms with Crippen LogP contribution in [-0.2, 0) is 9.53 Å². The Hall–Kier alpha value is -0.610.